The standard InChI is InChI=1S/C97H149N27O22S2/c1-51(2)42-61(100)79(129)120-76(52(3)4)90(140)111-63(28-18-38-105-96(101)102)80(130)108-47-75(128)110-71-49-147-148-50-72(87(137)116-68(43-56-22-10-9-11-23-56)83(133)121-77(53(5)6)91(141)114-66(95(145)146)29-19-39-106-97(103)104)119-89(139)74-31-21-41-124(74)94(144)65(27-15-17-37-99)113-88(138)73-30-20-40-123(73)93(143)54(7)109-82(132)67(44-57-32-34-59(127)35-33-57)115-85(135)70(48-125)118-81(131)64(26-14-16-36-98)112-92(142)78(55(8)126)122-84(134)69(117-86(71)136)45-58-46-107-62-25-13-12-24-60(58)62/h9-13,22-25,32-35,46,51-55,61,63-74,76-78,107,125-127H,14-21,26-31,36-45,47-50,98-100H2,1-8H3,(H,108,130)(H,109,132)(H,110,128)(H,111,140)(H,112,142)(H,113,138)(H,114,141)(H,115,135)(H,116,137)(H,117,136)(H,118,131)(H,119,139)(H,120,129)(H,121,133)(H,122,134)(H,145,146)(H4,101,102,105)(H4,103,104,106)/t54-,55-,61+,63+,64+,65+,66+,67+,68+,69+,70+,71+,72+,73+,74+,76+,77+,78+/m1/s1. The number of carboxylic acids is 1. The number of hydrogen-bond acceptors (Lipinski definition) is 28. The number of guanidine groups is 2. The third kappa shape index (κ3) is 39.0. The smallest absolute Gasteiger partial charge is 0.326 e. The average Bonchev–Trinajstić information content (AvgIpc) is 1.66. The lowest BCUT2D eigenvalue weighted by molar-refractivity contribution is -0.144. The number of unbranched alkanes of at least 4 members (excludes halogenated alkanes) is 2. The average molecular weight is 2110 g/mol. The van der Waals surface area contributed by atoms with Gasteiger partial charge in [-0.25, -0.2) is 4.79 Å². The Morgan fingerprint density at radius 1 is 0.514 bits per heavy atom. The van der Waals surface area contributed by atoms with E-state index in [0.29, 0.717) is 34.0 Å². The Kier molecular flexibility index (Phi) is 50.3. The third-order valence-electron chi connectivity index (χ3n) is 25.1. The lowest BCUT2D eigenvalue weighted by atomic mass is 10.00. The van der Waals surface area contributed by atoms with Crippen molar-refractivity contribution in [2.24, 2.45) is 46.4 Å². The van der Waals surface area contributed by atoms with Crippen molar-refractivity contribution in [2.75, 3.05) is 63.9 Å². The second-order valence-electron chi connectivity index (χ2n) is 38.2. The van der Waals surface area contributed by atoms with E-state index in [2.05, 4.69) is 95.4 Å². The first-order chi connectivity index (χ1) is 70.3. The Morgan fingerprint density at radius 2 is 1.03 bits per heavy atom. The molecule has 3 saturated heterocycles. The zero-order chi connectivity index (χ0) is 109. The molecular weight excluding hydrogens is 1960 g/mol. The molecular formula is C97H149N27O22S2. The molecule has 3 fully saturated rings. The number of H-pyrrole nitrogens is 1. The van der Waals surface area contributed by atoms with Crippen LogP contribution in [0.2, 0.25) is 0 Å². The quantitative estimate of drug-likeness (QED) is 0.00855. The van der Waals surface area contributed by atoms with E-state index in [0.717, 1.165) is 28.5 Å². The lowest BCUT2D eigenvalue weighted by Crippen LogP contribution is -2.62. The number of amides is 17. The molecule has 3 aliphatic heterocycles. The summed E-state index contributed by atoms with van der Waals surface area (Å²) in [5.74, 6) is -21.5. The molecule has 0 radical (unpaired) electrons. The van der Waals surface area contributed by atoms with Gasteiger partial charge in [-0.05, 0) is 176 Å². The SMILES string of the molecule is CC(C)C[C@H](N)C(=O)N[C@H](C(=O)N[C@@H](CCCNC(=N)N)C(=O)NCC(=O)N[C@H]1CSSC[C@@H](C(=O)N[C@@H](Cc2ccccc2)C(=O)N[C@H](C(=O)N[C@@H](CCCNC(=N)N)C(=O)O)C(C)C)NC(=O)[C@@H]2CCCN2C(=O)[C@H](CCCCN)NC(=O)[C@@H]2CCCN2C(=O)[C@@H](C)NC(=O)[C@H](Cc2ccc(O)cc2)NC(=O)[C@H](CO)NC(=O)[C@H](CCCCN)NC(=O)[C@H]([C@@H](C)O)NC(=O)[C@H](Cc2c[nH]c3ccccc23)NC1=O)C(C)C. The van der Waals surface area contributed by atoms with Gasteiger partial charge in [-0.1, -0.05) is 124 Å². The van der Waals surface area contributed by atoms with Gasteiger partial charge in [0.2, 0.25) is 100 Å². The van der Waals surface area contributed by atoms with Crippen LogP contribution in [-0.4, -0.2) is 326 Å². The van der Waals surface area contributed by atoms with Crippen molar-refractivity contribution >= 4 is 151 Å². The fraction of sp³-hybridized carbons (Fsp3) is 0.588. The zero-order valence-electron chi connectivity index (χ0n) is 84.7. The number of hydrogen-bond donors (Lipinski definition) is 29. The lowest BCUT2D eigenvalue weighted by Gasteiger charge is -2.32. The predicted octanol–water partition coefficient (Wildman–Crippen LogP) is -4.87. The summed E-state index contributed by atoms with van der Waals surface area (Å²) in [6.07, 6.45) is -0.138. The normalized spacial score (nSPS) is 22.0. The van der Waals surface area contributed by atoms with Gasteiger partial charge in [0.1, 0.15) is 102 Å². The highest BCUT2D eigenvalue weighted by molar-refractivity contribution is 8.76. The summed E-state index contributed by atoms with van der Waals surface area (Å²) in [5.41, 5.74) is 30.8. The number of fused-ring (bicyclic) bond motifs is 3. The number of aromatic hydroxyl groups is 1. The van der Waals surface area contributed by atoms with Gasteiger partial charge in [0.15, 0.2) is 11.9 Å². The number of aliphatic carboxylic acids is 1. The molecule has 4 heterocycles. The van der Waals surface area contributed by atoms with Crippen LogP contribution in [0.15, 0.2) is 85.1 Å². The summed E-state index contributed by atoms with van der Waals surface area (Å²) >= 11 is 0. The number of rotatable bonds is 43. The highest BCUT2D eigenvalue weighted by Gasteiger charge is 2.45. The molecule has 3 aromatic carbocycles. The number of aromatic amines is 1. The number of carboxylic acid groups (broad SMARTS) is 1. The maximum absolute atomic E-state index is 15.8. The number of aromatic nitrogens is 1. The molecule has 49 nitrogen and oxygen atoms in total. The summed E-state index contributed by atoms with van der Waals surface area (Å²) < 4.78 is 0. The molecule has 51 heteroatoms. The van der Waals surface area contributed by atoms with Crippen molar-refractivity contribution in [3.05, 3.63) is 102 Å². The summed E-state index contributed by atoms with van der Waals surface area (Å²) in [5, 5.41) is 103. The van der Waals surface area contributed by atoms with Gasteiger partial charge < -0.3 is 154 Å². The van der Waals surface area contributed by atoms with Crippen molar-refractivity contribution in [3.8, 4) is 5.75 Å². The summed E-state index contributed by atoms with van der Waals surface area (Å²) in [6, 6.07) is -6.07. The number of phenolic OH excluding ortho intramolecular Hbond substituents is 1. The maximum atomic E-state index is 15.8. The first-order valence-corrected chi connectivity index (χ1v) is 52.4. The number of phenols is 1. The number of nitrogens with two attached hydrogens (primary N) is 5. The summed E-state index contributed by atoms with van der Waals surface area (Å²) in [4.78, 5) is 272. The van der Waals surface area contributed by atoms with Crippen molar-refractivity contribution in [3.63, 3.8) is 0 Å². The second-order valence-corrected chi connectivity index (χ2v) is 40.7. The van der Waals surface area contributed by atoms with Crippen LogP contribution in [0.25, 0.3) is 10.9 Å². The Morgan fingerprint density at radius 3 is 1.61 bits per heavy atom. The van der Waals surface area contributed by atoms with Crippen molar-refractivity contribution in [2.45, 2.75) is 280 Å². The van der Waals surface area contributed by atoms with E-state index in [-0.39, 0.29) is 160 Å². The van der Waals surface area contributed by atoms with Crippen LogP contribution in [0.4, 0.5) is 0 Å². The van der Waals surface area contributed by atoms with Crippen molar-refractivity contribution in [1.29, 1.82) is 10.8 Å². The molecule has 0 spiro atoms. The van der Waals surface area contributed by atoms with E-state index in [1.54, 1.807) is 82.3 Å². The van der Waals surface area contributed by atoms with Gasteiger partial charge in [0.25, 0.3) is 0 Å². The molecule has 0 aliphatic carbocycles. The van der Waals surface area contributed by atoms with E-state index in [1.165, 1.54) is 47.2 Å². The molecule has 34 N–H and O–H groups in total. The molecule has 1 aromatic heterocycles. The molecule has 148 heavy (non-hydrogen) atoms. The minimum atomic E-state index is -2.02. The largest absolute Gasteiger partial charge is 0.508 e. The molecule has 0 saturated carbocycles. The van der Waals surface area contributed by atoms with Crippen molar-refractivity contribution < 1.29 is 107 Å². The monoisotopic (exact) mass is 2110 g/mol. The Labute approximate surface area is 866 Å². The number of benzene rings is 3. The third-order valence-corrected chi connectivity index (χ3v) is 27.5. The highest BCUT2D eigenvalue weighted by Crippen LogP contribution is 2.28. The Bertz CT molecular complexity index is 5200. The molecule has 816 valence electrons. The highest BCUT2D eigenvalue weighted by atomic mass is 33.1. The van der Waals surface area contributed by atoms with E-state index in [9.17, 15) is 78.0 Å². The van der Waals surface area contributed by atoms with Crippen LogP contribution >= 0.6 is 21.6 Å². The minimum absolute atomic E-state index is 0.00723. The van der Waals surface area contributed by atoms with E-state index in [1.807, 2.05) is 13.8 Å². The zero-order valence-corrected chi connectivity index (χ0v) is 86.4. The van der Waals surface area contributed by atoms with Crippen LogP contribution in [0.1, 0.15) is 168 Å². The molecule has 18 atom stereocenters. The van der Waals surface area contributed by atoms with Gasteiger partial charge in [0.05, 0.1) is 25.3 Å². The van der Waals surface area contributed by atoms with Crippen LogP contribution < -0.4 is 119 Å². The topological polar surface area (TPSA) is 793 Å². The predicted molar refractivity (Wildman–Crippen MR) is 552 cm³/mol. The van der Waals surface area contributed by atoms with Crippen LogP contribution in [-0.2, 0) is 106 Å². The van der Waals surface area contributed by atoms with Gasteiger partial charge in [-0.3, -0.25) is 92.3 Å². The summed E-state index contributed by atoms with van der Waals surface area (Å²) in [6.45, 7) is 10.7. The van der Waals surface area contributed by atoms with E-state index < -0.39 is 264 Å². The van der Waals surface area contributed by atoms with Gasteiger partial charge in [0, 0.05) is 74.0 Å². The van der Waals surface area contributed by atoms with E-state index >= 15 is 28.8 Å². The number of carbonyl (C=O) groups is 18. The molecule has 3 aliphatic rings. The van der Waals surface area contributed by atoms with Gasteiger partial charge in [-0.2, -0.15) is 0 Å². The maximum Gasteiger partial charge on any atom is 0.326 e. The van der Waals surface area contributed by atoms with Crippen LogP contribution in [0.3, 0.4) is 0 Å². The fourth-order valence-corrected chi connectivity index (χ4v) is 19.3. The second kappa shape index (κ2) is 61.3. The first-order valence-electron chi connectivity index (χ1n) is 49.9. The van der Waals surface area contributed by atoms with Crippen LogP contribution in [0.5, 0.6) is 5.75 Å². The molecule has 4 aromatic rings. The van der Waals surface area contributed by atoms with Gasteiger partial charge in [-0.15, -0.1) is 0 Å². The molecule has 17 amide bonds. The minimum Gasteiger partial charge on any atom is -0.508 e. The summed E-state index contributed by atoms with van der Waals surface area (Å²) in [7, 11) is 1.56. The molecule has 0 unspecified atom stereocenters. The molecule has 7 rings (SSSR count). The van der Waals surface area contributed by atoms with Crippen LogP contribution in [0, 0.1) is 28.6 Å². The Hall–Kier alpha value is -13.5. The Balaban J connectivity index is 1.37. The number of nitrogens with zero attached hydrogens (tertiary/aromatic N) is 2. The number of nitrogens with one attached hydrogen (secondary N) is 20. The molecule has 0 bridgehead atoms. The number of aliphatic hydroxyl groups excluding tert-OH is 2. The number of para-hydroxylation sites is 1. The first kappa shape index (κ1) is 121. The fourth-order valence-electron chi connectivity index (χ4n) is 17.0. The number of carbonyl (C=O) groups excluding carboxylic acids is 17. The van der Waals surface area contributed by atoms with E-state index in [4.69, 9.17) is 39.5 Å². The number of aliphatic hydroxyl groups is 2. The van der Waals surface area contributed by atoms with Crippen molar-refractivity contribution in [1.82, 2.24) is 105 Å². The van der Waals surface area contributed by atoms with Gasteiger partial charge >= 0.3 is 5.97 Å².